The zero-order valence-electron chi connectivity index (χ0n) is 15.0. The maximum Gasteiger partial charge on any atom is 0.137 e. The van der Waals surface area contributed by atoms with Gasteiger partial charge in [0.2, 0.25) is 0 Å². The molecule has 5 nitrogen and oxygen atoms in total. The summed E-state index contributed by atoms with van der Waals surface area (Å²) in [6, 6.07) is 3.87. The number of hydrogen-bond acceptors (Lipinski definition) is 5. The summed E-state index contributed by atoms with van der Waals surface area (Å²) in [6.07, 6.45) is 10.5. The average Bonchev–Trinajstić information content (AvgIpc) is 2.64. The molecule has 0 amide bonds. The number of allylic oxidation sites excluding steroid dienone is 2. The van der Waals surface area contributed by atoms with Gasteiger partial charge in [0.25, 0.3) is 0 Å². The van der Waals surface area contributed by atoms with Crippen molar-refractivity contribution < 1.29 is 9.84 Å². The van der Waals surface area contributed by atoms with E-state index >= 15 is 0 Å². The zero-order valence-corrected chi connectivity index (χ0v) is 15.0. The molecule has 1 aromatic rings. The van der Waals surface area contributed by atoms with Crippen LogP contribution in [0.4, 0.5) is 0 Å². The highest BCUT2D eigenvalue weighted by Crippen LogP contribution is 2.23. The monoisotopic (exact) mass is 343 g/mol. The molecule has 1 fully saturated rings. The molecule has 0 bridgehead atoms. The number of nitrogens with zero attached hydrogens (tertiary/aromatic N) is 2. The van der Waals surface area contributed by atoms with E-state index < -0.39 is 0 Å². The summed E-state index contributed by atoms with van der Waals surface area (Å²) in [7, 11) is 0. The predicted molar refractivity (Wildman–Crippen MR) is 99.8 cm³/mol. The topological polar surface area (TPSA) is 57.6 Å². The van der Waals surface area contributed by atoms with E-state index in [9.17, 15) is 5.11 Å². The fourth-order valence-electron chi connectivity index (χ4n) is 3.44. The first-order valence-electron chi connectivity index (χ1n) is 9.26. The van der Waals surface area contributed by atoms with E-state index in [-0.39, 0.29) is 6.04 Å². The number of hydrogen-bond donors (Lipinski definition) is 2. The molecule has 2 unspecified atom stereocenters. The Hall–Kier alpha value is -1.69. The smallest absolute Gasteiger partial charge is 0.137 e. The molecular formula is C20H29N3O2. The molecule has 3 rings (SSSR count). The highest BCUT2D eigenvalue weighted by molar-refractivity contribution is 5.30. The van der Waals surface area contributed by atoms with Crippen molar-refractivity contribution in [2.24, 2.45) is 5.92 Å². The average molecular weight is 343 g/mol. The van der Waals surface area contributed by atoms with Crippen molar-refractivity contribution in [2.75, 3.05) is 39.4 Å². The molecule has 1 aromatic heterocycles. The number of nitrogens with one attached hydrogen (secondary N) is 1. The Bertz CT molecular complexity index is 609. The van der Waals surface area contributed by atoms with E-state index in [1.165, 1.54) is 0 Å². The fraction of sp³-hybridized carbons (Fsp3) is 0.550. The second-order valence-corrected chi connectivity index (χ2v) is 6.84. The van der Waals surface area contributed by atoms with Crippen LogP contribution in [-0.2, 0) is 11.2 Å². The summed E-state index contributed by atoms with van der Waals surface area (Å²) in [5, 5.41) is 13.7. The number of pyridine rings is 1. The first-order chi connectivity index (χ1) is 12.2. The van der Waals surface area contributed by atoms with Crippen molar-refractivity contribution in [1.82, 2.24) is 15.2 Å². The van der Waals surface area contributed by atoms with Crippen LogP contribution in [0, 0.1) is 12.8 Å². The van der Waals surface area contributed by atoms with Gasteiger partial charge in [-0.3, -0.25) is 9.88 Å². The summed E-state index contributed by atoms with van der Waals surface area (Å²) in [5.74, 6) is 0.605. The highest BCUT2D eigenvalue weighted by Gasteiger charge is 2.20. The van der Waals surface area contributed by atoms with Crippen LogP contribution in [0.25, 0.3) is 0 Å². The standard InChI is InChI=1S/C20H29N3O2/c1-16-7-8-20(24)19(22-16)15-17-5-2-3-6-18(17)21-9-4-10-23-11-13-25-14-12-23/h2-3,5-8,17-18,21,24H,4,9-15H2,1H3. The lowest BCUT2D eigenvalue weighted by Crippen LogP contribution is -2.40. The zero-order chi connectivity index (χ0) is 17.5. The third kappa shape index (κ3) is 5.39. The van der Waals surface area contributed by atoms with Crippen LogP contribution in [0.5, 0.6) is 5.75 Å². The van der Waals surface area contributed by atoms with Gasteiger partial charge in [0, 0.05) is 37.2 Å². The van der Waals surface area contributed by atoms with Crippen molar-refractivity contribution in [3.63, 3.8) is 0 Å². The molecule has 0 saturated carbocycles. The number of rotatable bonds is 7. The minimum atomic E-state index is 0.288. The minimum absolute atomic E-state index is 0.288. The summed E-state index contributed by atoms with van der Waals surface area (Å²) in [5.41, 5.74) is 1.73. The normalized spacial score (nSPS) is 23.9. The molecule has 1 aliphatic carbocycles. The lowest BCUT2D eigenvalue weighted by molar-refractivity contribution is 0.0374. The number of ether oxygens (including phenoxy) is 1. The van der Waals surface area contributed by atoms with Crippen molar-refractivity contribution in [1.29, 1.82) is 0 Å². The second kappa shape index (κ2) is 9.13. The third-order valence-electron chi connectivity index (χ3n) is 4.90. The Morgan fingerprint density at radius 3 is 2.88 bits per heavy atom. The Morgan fingerprint density at radius 2 is 2.04 bits per heavy atom. The number of aromatic nitrogens is 1. The molecule has 1 aliphatic heterocycles. The van der Waals surface area contributed by atoms with Crippen molar-refractivity contribution in [2.45, 2.75) is 25.8 Å². The summed E-state index contributed by atoms with van der Waals surface area (Å²) >= 11 is 0. The highest BCUT2D eigenvalue weighted by atomic mass is 16.5. The van der Waals surface area contributed by atoms with Gasteiger partial charge in [0.1, 0.15) is 5.75 Å². The van der Waals surface area contributed by atoms with E-state index in [0.717, 1.165) is 63.6 Å². The maximum atomic E-state index is 10.1. The van der Waals surface area contributed by atoms with Gasteiger partial charge >= 0.3 is 0 Å². The molecule has 5 heteroatoms. The van der Waals surface area contributed by atoms with Crippen molar-refractivity contribution in [3.8, 4) is 5.75 Å². The first-order valence-corrected chi connectivity index (χ1v) is 9.26. The van der Waals surface area contributed by atoms with Gasteiger partial charge in [-0.25, -0.2) is 0 Å². The molecule has 2 aliphatic rings. The molecule has 2 heterocycles. The van der Waals surface area contributed by atoms with Gasteiger partial charge in [-0.05, 0) is 38.6 Å². The predicted octanol–water partition coefficient (Wildman–Crippen LogP) is 2.06. The van der Waals surface area contributed by atoms with E-state index in [1.54, 1.807) is 6.07 Å². The number of aromatic hydroxyl groups is 1. The molecule has 1 saturated heterocycles. The molecule has 0 aromatic carbocycles. The second-order valence-electron chi connectivity index (χ2n) is 6.84. The molecular weight excluding hydrogens is 314 g/mol. The lowest BCUT2D eigenvalue weighted by atomic mass is 9.90. The molecule has 2 atom stereocenters. The SMILES string of the molecule is Cc1ccc(O)c(CC2C=CC=CC2NCCCN2CCOCC2)n1. The van der Waals surface area contributed by atoms with Crippen LogP contribution < -0.4 is 5.32 Å². The maximum absolute atomic E-state index is 10.1. The van der Waals surface area contributed by atoms with Crippen molar-refractivity contribution in [3.05, 3.63) is 47.8 Å². The van der Waals surface area contributed by atoms with Gasteiger partial charge < -0.3 is 15.2 Å². The van der Waals surface area contributed by atoms with Crippen LogP contribution in [0.15, 0.2) is 36.4 Å². The fourth-order valence-corrected chi connectivity index (χ4v) is 3.44. The summed E-state index contributed by atoms with van der Waals surface area (Å²) in [4.78, 5) is 6.97. The van der Waals surface area contributed by atoms with Crippen LogP contribution in [0.2, 0.25) is 0 Å². The molecule has 136 valence electrons. The van der Waals surface area contributed by atoms with Gasteiger partial charge in [0.15, 0.2) is 0 Å². The summed E-state index contributed by atoms with van der Waals surface area (Å²) < 4.78 is 5.39. The van der Waals surface area contributed by atoms with E-state index in [4.69, 9.17) is 4.74 Å². The van der Waals surface area contributed by atoms with Gasteiger partial charge in [-0.1, -0.05) is 24.3 Å². The van der Waals surface area contributed by atoms with Crippen molar-refractivity contribution >= 4 is 0 Å². The van der Waals surface area contributed by atoms with Crippen LogP contribution in [-0.4, -0.2) is 60.4 Å². The number of morpholine rings is 1. The van der Waals surface area contributed by atoms with Gasteiger partial charge in [-0.2, -0.15) is 0 Å². The van der Waals surface area contributed by atoms with Crippen LogP contribution in [0.1, 0.15) is 17.8 Å². The molecule has 25 heavy (non-hydrogen) atoms. The van der Waals surface area contributed by atoms with Crippen LogP contribution in [0.3, 0.4) is 0 Å². The van der Waals surface area contributed by atoms with Gasteiger partial charge in [-0.15, -0.1) is 0 Å². The van der Waals surface area contributed by atoms with Gasteiger partial charge in [0.05, 0.1) is 18.9 Å². The Balaban J connectivity index is 1.48. The molecule has 2 N–H and O–H groups in total. The summed E-state index contributed by atoms with van der Waals surface area (Å²) in [6.45, 7) is 7.88. The molecule has 0 spiro atoms. The Kier molecular flexibility index (Phi) is 6.62. The van der Waals surface area contributed by atoms with Crippen LogP contribution >= 0.6 is 0 Å². The first kappa shape index (κ1) is 18.1. The third-order valence-corrected chi connectivity index (χ3v) is 4.90. The largest absolute Gasteiger partial charge is 0.506 e. The quantitative estimate of drug-likeness (QED) is 0.742. The Labute approximate surface area is 150 Å². The number of aryl methyl sites for hydroxylation is 1. The lowest BCUT2D eigenvalue weighted by Gasteiger charge is -2.28. The van der Waals surface area contributed by atoms with E-state index in [2.05, 4.69) is 39.5 Å². The van der Waals surface area contributed by atoms with E-state index in [0.29, 0.717) is 11.7 Å². The van der Waals surface area contributed by atoms with E-state index in [1.807, 2.05) is 13.0 Å². The minimum Gasteiger partial charge on any atom is -0.506 e. The Morgan fingerprint density at radius 1 is 1.24 bits per heavy atom. The molecule has 0 radical (unpaired) electrons.